The Bertz CT molecular complexity index is 827. The molecule has 2 heterocycles. The van der Waals surface area contributed by atoms with E-state index in [1.165, 1.54) is 10.5 Å². The first-order valence-electron chi connectivity index (χ1n) is 9.03. The van der Waals surface area contributed by atoms with Gasteiger partial charge in [0.25, 0.3) is 0 Å². The van der Waals surface area contributed by atoms with Crippen molar-refractivity contribution in [2.24, 2.45) is 11.8 Å². The lowest BCUT2D eigenvalue weighted by Gasteiger charge is -2.14. The van der Waals surface area contributed by atoms with E-state index in [0.717, 1.165) is 5.56 Å². The number of aryl methyl sites for hydroxylation is 2. The van der Waals surface area contributed by atoms with E-state index < -0.39 is 0 Å². The van der Waals surface area contributed by atoms with Gasteiger partial charge in [0.2, 0.25) is 23.5 Å². The average Bonchev–Trinajstić information content (AvgIpc) is 3.22. The number of aromatic nitrogens is 2. The van der Waals surface area contributed by atoms with Gasteiger partial charge in [0.15, 0.2) is 0 Å². The molecule has 1 fully saturated rings. The average molecular weight is 351 g/mol. The summed E-state index contributed by atoms with van der Waals surface area (Å²) >= 11 is 0. The Morgan fingerprint density at radius 3 is 2.38 bits per heavy atom. The third-order valence-electron chi connectivity index (χ3n) is 5.15. The van der Waals surface area contributed by atoms with Crippen molar-refractivity contribution >= 4 is 11.8 Å². The smallest absolute Gasteiger partial charge is 0.233 e. The van der Waals surface area contributed by atoms with E-state index in [1.54, 1.807) is 0 Å². The van der Waals surface area contributed by atoms with Gasteiger partial charge in [-0.3, -0.25) is 14.5 Å². The van der Waals surface area contributed by atoms with Gasteiger partial charge in [0.05, 0.1) is 11.8 Å². The molecule has 1 aliphatic carbocycles. The summed E-state index contributed by atoms with van der Waals surface area (Å²) in [5, 5.41) is 4.01. The van der Waals surface area contributed by atoms with Gasteiger partial charge in [-0.25, -0.2) is 0 Å². The van der Waals surface area contributed by atoms with Crippen LogP contribution in [0.4, 0.5) is 0 Å². The molecule has 0 N–H and O–H groups in total. The lowest BCUT2D eigenvalue weighted by Crippen LogP contribution is -2.32. The summed E-state index contributed by atoms with van der Waals surface area (Å²) in [6.07, 6.45) is 6.52. The van der Waals surface area contributed by atoms with Crippen LogP contribution in [0.15, 0.2) is 40.9 Å². The molecule has 0 radical (unpaired) electrons. The van der Waals surface area contributed by atoms with Crippen LogP contribution in [0.25, 0.3) is 11.4 Å². The molecule has 1 aromatic carbocycles. The first kappa shape index (κ1) is 16.7. The minimum atomic E-state index is -0.163. The van der Waals surface area contributed by atoms with E-state index >= 15 is 0 Å². The topological polar surface area (TPSA) is 76.3 Å². The van der Waals surface area contributed by atoms with Crippen LogP contribution in [0.5, 0.6) is 0 Å². The monoisotopic (exact) mass is 351 g/mol. The Kier molecular flexibility index (Phi) is 4.41. The molecule has 0 saturated carbocycles. The SMILES string of the molecule is Cc1ccc(-c2noc(CCCN3C(=O)[C@H]4CC=CC[C@@H]4C3=O)n2)cc1. The van der Waals surface area contributed by atoms with Crippen molar-refractivity contribution in [1.82, 2.24) is 15.0 Å². The lowest BCUT2D eigenvalue weighted by atomic mass is 9.85. The Morgan fingerprint density at radius 2 is 1.73 bits per heavy atom. The van der Waals surface area contributed by atoms with Crippen molar-refractivity contribution in [1.29, 1.82) is 0 Å². The van der Waals surface area contributed by atoms with Crippen LogP contribution in [0.1, 0.15) is 30.7 Å². The van der Waals surface area contributed by atoms with E-state index in [0.29, 0.717) is 43.9 Å². The highest BCUT2D eigenvalue weighted by Crippen LogP contribution is 2.35. The maximum atomic E-state index is 12.4. The van der Waals surface area contributed by atoms with E-state index in [4.69, 9.17) is 4.52 Å². The van der Waals surface area contributed by atoms with Gasteiger partial charge in [0.1, 0.15) is 0 Å². The fourth-order valence-corrected chi connectivity index (χ4v) is 3.65. The molecule has 2 aliphatic rings. The highest BCUT2D eigenvalue weighted by Gasteiger charge is 2.46. The zero-order valence-corrected chi connectivity index (χ0v) is 14.7. The quantitative estimate of drug-likeness (QED) is 0.611. The van der Waals surface area contributed by atoms with Crippen LogP contribution < -0.4 is 0 Å². The van der Waals surface area contributed by atoms with Crippen molar-refractivity contribution in [3.05, 3.63) is 47.9 Å². The predicted molar refractivity (Wildman–Crippen MR) is 94.9 cm³/mol. The second kappa shape index (κ2) is 6.86. The molecular weight excluding hydrogens is 330 g/mol. The van der Waals surface area contributed by atoms with Crippen LogP contribution >= 0.6 is 0 Å². The largest absolute Gasteiger partial charge is 0.339 e. The number of nitrogens with zero attached hydrogens (tertiary/aromatic N) is 3. The number of likely N-dealkylation sites (tertiary alicyclic amines) is 1. The first-order valence-corrected chi connectivity index (χ1v) is 9.03. The Hall–Kier alpha value is -2.76. The Labute approximate surface area is 151 Å². The summed E-state index contributed by atoms with van der Waals surface area (Å²) in [6.45, 7) is 2.44. The fourth-order valence-electron chi connectivity index (χ4n) is 3.65. The van der Waals surface area contributed by atoms with Crippen molar-refractivity contribution in [3.8, 4) is 11.4 Å². The van der Waals surface area contributed by atoms with Crippen molar-refractivity contribution in [3.63, 3.8) is 0 Å². The number of benzene rings is 1. The lowest BCUT2D eigenvalue weighted by molar-refractivity contribution is -0.139. The summed E-state index contributed by atoms with van der Waals surface area (Å²) in [5.41, 5.74) is 2.08. The van der Waals surface area contributed by atoms with Gasteiger partial charge >= 0.3 is 0 Å². The summed E-state index contributed by atoms with van der Waals surface area (Å²) in [4.78, 5) is 30.7. The van der Waals surface area contributed by atoms with Crippen LogP contribution in [-0.4, -0.2) is 33.4 Å². The summed E-state index contributed by atoms with van der Waals surface area (Å²) < 4.78 is 5.30. The van der Waals surface area contributed by atoms with Gasteiger partial charge in [-0.05, 0) is 26.2 Å². The van der Waals surface area contributed by atoms with Crippen molar-refractivity contribution in [2.75, 3.05) is 6.54 Å². The summed E-state index contributed by atoms with van der Waals surface area (Å²) in [7, 11) is 0. The molecule has 2 aromatic rings. The highest BCUT2D eigenvalue weighted by atomic mass is 16.5. The molecule has 2 atom stereocenters. The molecule has 6 heteroatoms. The second-order valence-electron chi connectivity index (χ2n) is 6.97. The zero-order valence-electron chi connectivity index (χ0n) is 14.7. The Morgan fingerprint density at radius 1 is 1.08 bits per heavy atom. The van der Waals surface area contributed by atoms with Gasteiger partial charge in [-0.2, -0.15) is 4.98 Å². The minimum Gasteiger partial charge on any atom is -0.339 e. The second-order valence-corrected chi connectivity index (χ2v) is 6.97. The number of imide groups is 1. The third kappa shape index (κ3) is 3.07. The van der Waals surface area contributed by atoms with Crippen molar-refractivity contribution in [2.45, 2.75) is 32.6 Å². The number of hydrogen-bond donors (Lipinski definition) is 0. The van der Waals surface area contributed by atoms with E-state index in [-0.39, 0.29) is 23.7 Å². The number of allylic oxidation sites excluding steroid dienone is 2. The molecular formula is C20H21N3O3. The van der Waals surface area contributed by atoms with Crippen LogP contribution in [-0.2, 0) is 16.0 Å². The van der Waals surface area contributed by atoms with Crippen LogP contribution in [0.2, 0.25) is 0 Å². The molecule has 6 nitrogen and oxygen atoms in total. The summed E-state index contributed by atoms with van der Waals surface area (Å²) in [6, 6.07) is 7.93. The fraction of sp³-hybridized carbons (Fsp3) is 0.400. The molecule has 0 unspecified atom stereocenters. The predicted octanol–water partition coefficient (Wildman–Crippen LogP) is 2.93. The van der Waals surface area contributed by atoms with E-state index in [9.17, 15) is 9.59 Å². The number of carbonyl (C=O) groups excluding carboxylic acids is 2. The normalized spacial score (nSPS) is 22.1. The van der Waals surface area contributed by atoms with Crippen molar-refractivity contribution < 1.29 is 14.1 Å². The molecule has 0 spiro atoms. The van der Waals surface area contributed by atoms with E-state index in [1.807, 2.05) is 43.3 Å². The number of amides is 2. The van der Waals surface area contributed by atoms with Gasteiger partial charge in [0, 0.05) is 18.5 Å². The highest BCUT2D eigenvalue weighted by molar-refractivity contribution is 6.05. The molecule has 2 amide bonds. The number of hydrogen-bond acceptors (Lipinski definition) is 5. The minimum absolute atomic E-state index is 0.0322. The Balaban J connectivity index is 1.35. The van der Waals surface area contributed by atoms with Crippen LogP contribution in [0.3, 0.4) is 0 Å². The summed E-state index contributed by atoms with van der Waals surface area (Å²) in [5.74, 6) is 0.697. The molecule has 1 aromatic heterocycles. The first-order chi connectivity index (χ1) is 12.6. The van der Waals surface area contributed by atoms with E-state index in [2.05, 4.69) is 10.1 Å². The molecule has 4 rings (SSSR count). The zero-order chi connectivity index (χ0) is 18.1. The third-order valence-corrected chi connectivity index (χ3v) is 5.15. The van der Waals surface area contributed by atoms with Gasteiger partial charge in [-0.15, -0.1) is 0 Å². The molecule has 134 valence electrons. The van der Waals surface area contributed by atoms with Gasteiger partial charge < -0.3 is 4.52 Å². The number of fused-ring (bicyclic) bond motifs is 1. The molecule has 1 saturated heterocycles. The number of rotatable bonds is 5. The maximum absolute atomic E-state index is 12.4. The van der Waals surface area contributed by atoms with Gasteiger partial charge in [-0.1, -0.05) is 47.1 Å². The maximum Gasteiger partial charge on any atom is 0.233 e. The standard InChI is InChI=1S/C20H21N3O3/c1-13-8-10-14(11-9-13)18-21-17(26-22-18)7-4-12-23-19(24)15-5-2-3-6-16(15)20(23)25/h2-3,8-11,15-16H,4-7,12H2,1H3/t15-,16-/m0/s1. The number of carbonyl (C=O) groups is 2. The van der Waals surface area contributed by atoms with Crippen LogP contribution in [0, 0.1) is 18.8 Å². The molecule has 1 aliphatic heterocycles. The molecule has 0 bridgehead atoms. The molecule has 26 heavy (non-hydrogen) atoms.